The van der Waals surface area contributed by atoms with Crippen LogP contribution in [0.5, 0.6) is 0 Å². The summed E-state index contributed by atoms with van der Waals surface area (Å²) in [6.45, 7) is 10.6. The van der Waals surface area contributed by atoms with Crippen LogP contribution in [0.4, 0.5) is 5.69 Å². The number of thiophene rings is 1. The van der Waals surface area contributed by atoms with Gasteiger partial charge in [-0.3, -0.25) is 0 Å². The molecule has 0 atom stereocenters. The number of hydrogen-bond acceptors (Lipinski definition) is 3. The summed E-state index contributed by atoms with van der Waals surface area (Å²) in [7, 11) is 0. The van der Waals surface area contributed by atoms with Gasteiger partial charge >= 0.3 is 0 Å². The van der Waals surface area contributed by atoms with Crippen molar-refractivity contribution in [1.82, 2.24) is 5.32 Å². The van der Waals surface area contributed by atoms with Gasteiger partial charge in [-0.2, -0.15) is 0 Å². The third kappa shape index (κ3) is 4.09. The van der Waals surface area contributed by atoms with Gasteiger partial charge in [-0.15, -0.1) is 11.3 Å². The van der Waals surface area contributed by atoms with E-state index in [1.165, 1.54) is 21.7 Å². The largest absolute Gasteiger partial charge is 0.371 e. The first-order valence-corrected chi connectivity index (χ1v) is 8.14. The van der Waals surface area contributed by atoms with E-state index in [9.17, 15) is 0 Å². The molecule has 0 spiro atoms. The summed E-state index contributed by atoms with van der Waals surface area (Å²) >= 11 is 1.84. The fourth-order valence-corrected chi connectivity index (χ4v) is 3.10. The van der Waals surface area contributed by atoms with Gasteiger partial charge in [0.25, 0.3) is 0 Å². The van der Waals surface area contributed by atoms with Crippen molar-refractivity contribution >= 4 is 17.0 Å². The predicted octanol–water partition coefficient (Wildman–Crippen LogP) is 3.98. The summed E-state index contributed by atoms with van der Waals surface area (Å²) in [5.74, 6) is 0. The number of aryl methyl sites for hydroxylation is 2. The lowest BCUT2D eigenvalue weighted by Gasteiger charge is -2.23. The smallest absolute Gasteiger partial charge is 0.0366 e. The number of hydrogen-bond donors (Lipinski definition) is 1. The zero-order valence-electron chi connectivity index (χ0n) is 12.6. The number of rotatable bonds is 7. The van der Waals surface area contributed by atoms with E-state index < -0.39 is 0 Å². The topological polar surface area (TPSA) is 15.3 Å². The molecule has 0 bridgehead atoms. The third-order valence-electron chi connectivity index (χ3n) is 3.59. The van der Waals surface area contributed by atoms with Crippen molar-refractivity contribution < 1.29 is 0 Å². The van der Waals surface area contributed by atoms with E-state index in [1.54, 1.807) is 0 Å². The van der Waals surface area contributed by atoms with Crippen LogP contribution in [-0.4, -0.2) is 19.6 Å². The fraction of sp³-hybridized carbons (Fsp3) is 0.412. The van der Waals surface area contributed by atoms with Gasteiger partial charge in [0.1, 0.15) is 0 Å². The standard InChI is InChI=1S/C17H24N2S/c1-4-19(16-7-5-14(2)6-8-16)11-10-18-13-17-15(3)9-12-20-17/h5-9,12,18H,4,10-11,13H2,1-3H3. The summed E-state index contributed by atoms with van der Waals surface area (Å²) in [6, 6.07) is 11.0. The SMILES string of the molecule is CCN(CCNCc1sccc1C)c1ccc(C)cc1. The minimum atomic E-state index is 0.981. The Hall–Kier alpha value is -1.32. The van der Waals surface area contributed by atoms with Crippen LogP contribution in [0.3, 0.4) is 0 Å². The molecule has 0 aliphatic rings. The molecule has 0 radical (unpaired) electrons. The first-order valence-electron chi connectivity index (χ1n) is 7.26. The van der Waals surface area contributed by atoms with Crippen molar-refractivity contribution in [3.63, 3.8) is 0 Å². The molecule has 2 aromatic rings. The molecule has 2 nitrogen and oxygen atoms in total. The normalized spacial score (nSPS) is 10.8. The van der Waals surface area contributed by atoms with Crippen molar-refractivity contribution in [2.75, 3.05) is 24.5 Å². The van der Waals surface area contributed by atoms with Gasteiger partial charge < -0.3 is 10.2 Å². The Balaban J connectivity index is 1.79. The number of nitrogens with one attached hydrogen (secondary N) is 1. The highest BCUT2D eigenvalue weighted by atomic mass is 32.1. The Morgan fingerprint density at radius 1 is 1.10 bits per heavy atom. The molecule has 108 valence electrons. The molecule has 0 aliphatic heterocycles. The molecule has 0 unspecified atom stereocenters. The Labute approximate surface area is 126 Å². The minimum Gasteiger partial charge on any atom is -0.371 e. The van der Waals surface area contributed by atoms with Crippen molar-refractivity contribution in [2.24, 2.45) is 0 Å². The second kappa shape index (κ2) is 7.46. The van der Waals surface area contributed by atoms with Gasteiger partial charge in [0.05, 0.1) is 0 Å². The average molecular weight is 288 g/mol. The molecule has 20 heavy (non-hydrogen) atoms. The van der Waals surface area contributed by atoms with E-state index >= 15 is 0 Å². The molecular formula is C17H24N2S. The van der Waals surface area contributed by atoms with Crippen LogP contribution in [0.25, 0.3) is 0 Å². The molecule has 0 fully saturated rings. The minimum absolute atomic E-state index is 0.981. The van der Waals surface area contributed by atoms with Crippen LogP contribution < -0.4 is 10.2 Å². The Kier molecular flexibility index (Phi) is 5.62. The van der Waals surface area contributed by atoms with Gasteiger partial charge in [0.15, 0.2) is 0 Å². The summed E-state index contributed by atoms with van der Waals surface area (Å²) in [6.07, 6.45) is 0. The van der Waals surface area contributed by atoms with Crippen molar-refractivity contribution in [1.29, 1.82) is 0 Å². The van der Waals surface area contributed by atoms with E-state index in [4.69, 9.17) is 0 Å². The number of benzene rings is 1. The fourth-order valence-electron chi connectivity index (χ4n) is 2.23. The van der Waals surface area contributed by atoms with E-state index in [-0.39, 0.29) is 0 Å². The highest BCUT2D eigenvalue weighted by Gasteiger charge is 2.04. The van der Waals surface area contributed by atoms with Gasteiger partial charge in [-0.05, 0) is 49.9 Å². The maximum atomic E-state index is 3.54. The Morgan fingerprint density at radius 2 is 1.85 bits per heavy atom. The number of nitrogens with zero attached hydrogens (tertiary/aromatic N) is 1. The number of anilines is 1. The second-order valence-corrected chi connectivity index (χ2v) is 6.12. The van der Waals surface area contributed by atoms with Crippen LogP contribution in [0.15, 0.2) is 35.7 Å². The molecule has 1 N–H and O–H groups in total. The zero-order chi connectivity index (χ0) is 14.4. The molecule has 1 aromatic carbocycles. The van der Waals surface area contributed by atoms with Crippen LogP contribution in [0.1, 0.15) is 22.9 Å². The first kappa shape index (κ1) is 15.1. The average Bonchev–Trinajstić information content (AvgIpc) is 2.86. The van der Waals surface area contributed by atoms with E-state index in [2.05, 4.69) is 66.7 Å². The van der Waals surface area contributed by atoms with Crippen molar-refractivity contribution in [2.45, 2.75) is 27.3 Å². The molecule has 0 amide bonds. The van der Waals surface area contributed by atoms with Crippen molar-refractivity contribution in [3.8, 4) is 0 Å². The summed E-state index contributed by atoms with van der Waals surface area (Å²) in [5, 5.41) is 5.71. The third-order valence-corrected chi connectivity index (χ3v) is 4.62. The van der Waals surface area contributed by atoms with E-state index in [1.807, 2.05) is 11.3 Å². The Bertz CT molecular complexity index is 516. The maximum Gasteiger partial charge on any atom is 0.0366 e. The van der Waals surface area contributed by atoms with Crippen molar-refractivity contribution in [3.05, 3.63) is 51.7 Å². The number of likely N-dealkylation sites (N-methyl/N-ethyl adjacent to an activating group) is 1. The molecule has 0 saturated heterocycles. The Morgan fingerprint density at radius 3 is 2.45 bits per heavy atom. The van der Waals surface area contributed by atoms with Crippen LogP contribution >= 0.6 is 11.3 Å². The highest BCUT2D eigenvalue weighted by molar-refractivity contribution is 7.10. The van der Waals surface area contributed by atoms with Gasteiger partial charge in [-0.25, -0.2) is 0 Å². The summed E-state index contributed by atoms with van der Waals surface area (Å²) in [5.41, 5.74) is 4.02. The highest BCUT2D eigenvalue weighted by Crippen LogP contribution is 2.15. The monoisotopic (exact) mass is 288 g/mol. The second-order valence-electron chi connectivity index (χ2n) is 5.12. The predicted molar refractivity (Wildman–Crippen MR) is 89.8 cm³/mol. The molecule has 0 aliphatic carbocycles. The van der Waals surface area contributed by atoms with Gasteiger partial charge in [0.2, 0.25) is 0 Å². The van der Waals surface area contributed by atoms with Crippen LogP contribution in [0.2, 0.25) is 0 Å². The van der Waals surface area contributed by atoms with Gasteiger partial charge in [-0.1, -0.05) is 17.7 Å². The van der Waals surface area contributed by atoms with Crippen LogP contribution in [0, 0.1) is 13.8 Å². The van der Waals surface area contributed by atoms with E-state index in [0.717, 1.165) is 26.2 Å². The lowest BCUT2D eigenvalue weighted by atomic mass is 10.2. The summed E-state index contributed by atoms with van der Waals surface area (Å²) < 4.78 is 0. The first-order chi connectivity index (χ1) is 9.70. The lowest BCUT2D eigenvalue weighted by Crippen LogP contribution is -2.31. The maximum absolute atomic E-state index is 3.54. The summed E-state index contributed by atoms with van der Waals surface area (Å²) in [4.78, 5) is 3.86. The lowest BCUT2D eigenvalue weighted by molar-refractivity contribution is 0.669. The molecule has 3 heteroatoms. The molecule has 2 rings (SSSR count). The molecule has 1 heterocycles. The quantitative estimate of drug-likeness (QED) is 0.775. The molecular weight excluding hydrogens is 264 g/mol. The molecule has 0 saturated carbocycles. The van der Waals surface area contributed by atoms with Gasteiger partial charge in [0, 0.05) is 36.7 Å². The zero-order valence-corrected chi connectivity index (χ0v) is 13.5. The van der Waals surface area contributed by atoms with E-state index in [0.29, 0.717) is 0 Å². The molecule has 1 aromatic heterocycles. The van der Waals surface area contributed by atoms with Crippen LogP contribution in [-0.2, 0) is 6.54 Å².